The highest BCUT2D eigenvalue weighted by Crippen LogP contribution is 2.26. The van der Waals surface area contributed by atoms with Gasteiger partial charge in [-0.2, -0.15) is 5.10 Å². The van der Waals surface area contributed by atoms with E-state index in [0.717, 1.165) is 42.4 Å². The third kappa shape index (κ3) is 3.68. The van der Waals surface area contributed by atoms with Gasteiger partial charge in [0.1, 0.15) is 11.5 Å². The molecule has 2 aromatic rings. The molecule has 0 bridgehead atoms. The van der Waals surface area contributed by atoms with Gasteiger partial charge in [-0.25, -0.2) is 0 Å². The largest absolute Gasteiger partial charge is 0.497 e. The number of nitrogens with zero attached hydrogens (tertiary/aromatic N) is 2. The topological polar surface area (TPSA) is 48.3 Å². The molecular weight excluding hydrogens is 266 g/mol. The van der Waals surface area contributed by atoms with Gasteiger partial charge in [-0.05, 0) is 19.4 Å². The molecule has 0 atom stereocenters. The summed E-state index contributed by atoms with van der Waals surface area (Å²) in [5.74, 6) is 1.55. The predicted octanol–water partition coefficient (Wildman–Crippen LogP) is 3.09. The van der Waals surface area contributed by atoms with Gasteiger partial charge in [-0.1, -0.05) is 6.92 Å². The Labute approximate surface area is 125 Å². The number of anilines is 1. The molecule has 0 aliphatic carbocycles. The summed E-state index contributed by atoms with van der Waals surface area (Å²) in [6, 6.07) is 7.91. The maximum absolute atomic E-state index is 5.28. The number of benzene rings is 1. The molecule has 1 heterocycles. The van der Waals surface area contributed by atoms with E-state index in [1.54, 1.807) is 14.2 Å². The van der Waals surface area contributed by atoms with Crippen molar-refractivity contribution in [3.05, 3.63) is 35.7 Å². The van der Waals surface area contributed by atoms with Crippen molar-refractivity contribution in [3.63, 3.8) is 0 Å². The first-order chi connectivity index (χ1) is 10.2. The molecule has 0 amide bonds. The van der Waals surface area contributed by atoms with Crippen molar-refractivity contribution in [2.24, 2.45) is 0 Å². The molecule has 0 saturated heterocycles. The smallest absolute Gasteiger partial charge is 0.124 e. The number of aryl methyl sites for hydroxylation is 2. The average Bonchev–Trinajstić information content (AvgIpc) is 2.94. The Morgan fingerprint density at radius 2 is 1.71 bits per heavy atom. The summed E-state index contributed by atoms with van der Waals surface area (Å²) in [5, 5.41) is 7.96. The fourth-order valence-electron chi connectivity index (χ4n) is 2.21. The lowest BCUT2D eigenvalue weighted by Gasteiger charge is -2.11. The maximum Gasteiger partial charge on any atom is 0.124 e. The quantitative estimate of drug-likeness (QED) is 0.851. The SMILES string of the molecule is CCc1cc(CNc2cc(OC)cc(OC)c2)n(CC)n1. The first-order valence-electron chi connectivity index (χ1n) is 7.22. The van der Waals surface area contributed by atoms with Gasteiger partial charge >= 0.3 is 0 Å². The van der Waals surface area contributed by atoms with Gasteiger partial charge in [0.15, 0.2) is 0 Å². The van der Waals surface area contributed by atoms with E-state index in [1.165, 1.54) is 5.69 Å². The van der Waals surface area contributed by atoms with Crippen LogP contribution in [0.1, 0.15) is 25.2 Å². The molecule has 0 spiro atoms. The Kier molecular flexibility index (Phi) is 5.09. The number of aromatic nitrogens is 2. The summed E-state index contributed by atoms with van der Waals surface area (Å²) >= 11 is 0. The second-order valence-electron chi connectivity index (χ2n) is 4.75. The Morgan fingerprint density at radius 3 is 2.24 bits per heavy atom. The maximum atomic E-state index is 5.28. The van der Waals surface area contributed by atoms with E-state index < -0.39 is 0 Å². The molecule has 0 unspecified atom stereocenters. The Hall–Kier alpha value is -2.17. The second-order valence-corrected chi connectivity index (χ2v) is 4.75. The predicted molar refractivity (Wildman–Crippen MR) is 84.2 cm³/mol. The minimum Gasteiger partial charge on any atom is -0.497 e. The number of rotatable bonds is 7. The molecule has 0 fully saturated rings. The van der Waals surface area contributed by atoms with Gasteiger partial charge in [-0.3, -0.25) is 4.68 Å². The van der Waals surface area contributed by atoms with Crippen LogP contribution in [0.3, 0.4) is 0 Å². The van der Waals surface area contributed by atoms with Crippen LogP contribution in [0.15, 0.2) is 24.3 Å². The zero-order valence-corrected chi connectivity index (χ0v) is 13.1. The van der Waals surface area contributed by atoms with Crippen molar-refractivity contribution in [3.8, 4) is 11.5 Å². The van der Waals surface area contributed by atoms with Crippen LogP contribution < -0.4 is 14.8 Å². The number of nitrogens with one attached hydrogen (secondary N) is 1. The van der Waals surface area contributed by atoms with Gasteiger partial charge in [0.2, 0.25) is 0 Å². The lowest BCUT2D eigenvalue weighted by molar-refractivity contribution is 0.394. The molecule has 1 aromatic carbocycles. The van der Waals surface area contributed by atoms with Crippen molar-refractivity contribution < 1.29 is 9.47 Å². The van der Waals surface area contributed by atoms with Crippen molar-refractivity contribution in [1.29, 1.82) is 0 Å². The molecule has 5 heteroatoms. The Bertz CT molecular complexity index is 571. The minimum atomic E-state index is 0.719. The summed E-state index contributed by atoms with van der Waals surface area (Å²) in [4.78, 5) is 0. The molecule has 114 valence electrons. The van der Waals surface area contributed by atoms with E-state index in [4.69, 9.17) is 9.47 Å². The highest BCUT2D eigenvalue weighted by molar-refractivity contribution is 5.53. The van der Waals surface area contributed by atoms with E-state index in [1.807, 2.05) is 22.9 Å². The van der Waals surface area contributed by atoms with Crippen LogP contribution in [0.2, 0.25) is 0 Å². The molecule has 0 saturated carbocycles. The molecule has 1 aromatic heterocycles. The molecule has 5 nitrogen and oxygen atoms in total. The molecule has 0 aliphatic heterocycles. The third-order valence-corrected chi connectivity index (χ3v) is 3.40. The number of methoxy groups -OCH3 is 2. The summed E-state index contributed by atoms with van der Waals surface area (Å²) < 4.78 is 12.6. The molecule has 2 rings (SSSR count). The summed E-state index contributed by atoms with van der Waals surface area (Å²) in [6.07, 6.45) is 0.951. The van der Waals surface area contributed by atoms with Crippen molar-refractivity contribution in [2.75, 3.05) is 19.5 Å². The van der Waals surface area contributed by atoms with E-state index in [2.05, 4.69) is 30.3 Å². The summed E-state index contributed by atoms with van der Waals surface area (Å²) in [6.45, 7) is 5.81. The number of hydrogen-bond donors (Lipinski definition) is 1. The van der Waals surface area contributed by atoms with Crippen LogP contribution in [0.5, 0.6) is 11.5 Å². The van der Waals surface area contributed by atoms with Crippen molar-refractivity contribution in [2.45, 2.75) is 33.4 Å². The zero-order valence-electron chi connectivity index (χ0n) is 13.1. The standard InChI is InChI=1S/C16H23N3O2/c1-5-12-7-14(19(6-2)18-12)11-17-13-8-15(20-3)10-16(9-13)21-4/h7-10,17H,5-6,11H2,1-4H3. The van der Waals surface area contributed by atoms with E-state index in [-0.39, 0.29) is 0 Å². The van der Waals surface area contributed by atoms with Crippen LogP contribution in [0, 0.1) is 0 Å². The second kappa shape index (κ2) is 7.02. The fourth-order valence-corrected chi connectivity index (χ4v) is 2.21. The van der Waals surface area contributed by atoms with Crippen molar-refractivity contribution >= 4 is 5.69 Å². The lowest BCUT2D eigenvalue weighted by Crippen LogP contribution is -2.08. The third-order valence-electron chi connectivity index (χ3n) is 3.40. The average molecular weight is 289 g/mol. The fraction of sp³-hybridized carbons (Fsp3) is 0.438. The van der Waals surface area contributed by atoms with Crippen molar-refractivity contribution in [1.82, 2.24) is 9.78 Å². The van der Waals surface area contributed by atoms with Crippen LogP contribution >= 0.6 is 0 Å². The normalized spacial score (nSPS) is 10.5. The van der Waals surface area contributed by atoms with E-state index >= 15 is 0 Å². The molecule has 1 N–H and O–H groups in total. The number of hydrogen-bond acceptors (Lipinski definition) is 4. The molecular formula is C16H23N3O2. The minimum absolute atomic E-state index is 0.719. The highest BCUT2D eigenvalue weighted by Gasteiger charge is 2.07. The van der Waals surface area contributed by atoms with Gasteiger partial charge in [0.05, 0.1) is 32.2 Å². The van der Waals surface area contributed by atoms with Gasteiger partial charge in [0, 0.05) is 30.4 Å². The Morgan fingerprint density at radius 1 is 1.05 bits per heavy atom. The van der Waals surface area contributed by atoms with Crippen LogP contribution in [0.4, 0.5) is 5.69 Å². The summed E-state index contributed by atoms with van der Waals surface area (Å²) in [5.41, 5.74) is 3.26. The van der Waals surface area contributed by atoms with Crippen LogP contribution in [-0.4, -0.2) is 24.0 Å². The lowest BCUT2D eigenvalue weighted by atomic mass is 10.2. The highest BCUT2D eigenvalue weighted by atomic mass is 16.5. The number of ether oxygens (including phenoxy) is 2. The van der Waals surface area contributed by atoms with Gasteiger partial charge in [-0.15, -0.1) is 0 Å². The summed E-state index contributed by atoms with van der Waals surface area (Å²) in [7, 11) is 3.30. The van der Waals surface area contributed by atoms with E-state index in [9.17, 15) is 0 Å². The first-order valence-corrected chi connectivity index (χ1v) is 7.22. The molecule has 0 radical (unpaired) electrons. The van der Waals surface area contributed by atoms with Gasteiger partial charge in [0.25, 0.3) is 0 Å². The van der Waals surface area contributed by atoms with E-state index in [0.29, 0.717) is 0 Å². The van der Waals surface area contributed by atoms with Gasteiger partial charge < -0.3 is 14.8 Å². The van der Waals surface area contributed by atoms with Crippen LogP contribution in [-0.2, 0) is 19.5 Å². The van der Waals surface area contributed by atoms with Crippen LogP contribution in [0.25, 0.3) is 0 Å². The first kappa shape index (κ1) is 15.2. The molecule has 21 heavy (non-hydrogen) atoms. The zero-order chi connectivity index (χ0) is 15.2. The Balaban J connectivity index is 2.14. The monoisotopic (exact) mass is 289 g/mol. The molecule has 0 aliphatic rings.